The molecule has 134 valence electrons. The summed E-state index contributed by atoms with van der Waals surface area (Å²) in [6.45, 7) is 2.83. The fraction of sp³-hybridized carbons (Fsp3) is 0.429. The van der Waals surface area contributed by atoms with Crippen molar-refractivity contribution in [1.29, 1.82) is 0 Å². The van der Waals surface area contributed by atoms with E-state index in [-0.39, 0.29) is 12.1 Å². The number of rotatable bonds is 7. The first-order valence-corrected chi connectivity index (χ1v) is 9.36. The van der Waals surface area contributed by atoms with Crippen molar-refractivity contribution in [2.75, 3.05) is 7.11 Å². The molecule has 1 atom stereocenters. The highest BCUT2D eigenvalue weighted by molar-refractivity contribution is 6.31. The second-order valence-corrected chi connectivity index (χ2v) is 7.04. The van der Waals surface area contributed by atoms with Crippen LogP contribution in [0.3, 0.4) is 0 Å². The van der Waals surface area contributed by atoms with E-state index in [0.717, 1.165) is 29.9 Å². The predicted octanol–water partition coefficient (Wildman–Crippen LogP) is 5.52. The number of halogens is 1. The smallest absolute Gasteiger partial charge is 0.163 e. The van der Waals surface area contributed by atoms with Gasteiger partial charge in [0.05, 0.1) is 13.2 Å². The minimum absolute atomic E-state index is 0.248. The Labute approximate surface area is 155 Å². The summed E-state index contributed by atoms with van der Waals surface area (Å²) in [5.41, 5.74) is 2.27. The first-order chi connectivity index (χ1) is 12.2. The number of methoxy groups -OCH3 is 1. The number of ether oxygens (including phenoxy) is 2. The van der Waals surface area contributed by atoms with E-state index < -0.39 is 0 Å². The van der Waals surface area contributed by atoms with E-state index >= 15 is 0 Å². The van der Waals surface area contributed by atoms with Gasteiger partial charge in [0.15, 0.2) is 11.5 Å². The van der Waals surface area contributed by atoms with Crippen molar-refractivity contribution < 1.29 is 9.47 Å². The van der Waals surface area contributed by atoms with Crippen LogP contribution in [0, 0.1) is 0 Å². The minimum atomic E-state index is 0.248. The lowest BCUT2D eigenvalue weighted by Gasteiger charge is -2.19. The van der Waals surface area contributed by atoms with Gasteiger partial charge in [0, 0.05) is 23.7 Å². The molecule has 1 N–H and O–H groups in total. The molecule has 0 spiro atoms. The zero-order chi connectivity index (χ0) is 17.6. The third-order valence-corrected chi connectivity index (χ3v) is 5.18. The van der Waals surface area contributed by atoms with Gasteiger partial charge in [0.25, 0.3) is 0 Å². The molecule has 1 aliphatic rings. The monoisotopic (exact) mass is 359 g/mol. The van der Waals surface area contributed by atoms with Gasteiger partial charge in [-0.15, -0.1) is 0 Å². The Morgan fingerprint density at radius 1 is 1.12 bits per heavy atom. The Balaban J connectivity index is 1.69. The molecular weight excluding hydrogens is 334 g/mol. The lowest BCUT2D eigenvalue weighted by Crippen LogP contribution is -2.18. The van der Waals surface area contributed by atoms with Gasteiger partial charge in [-0.2, -0.15) is 0 Å². The average molecular weight is 360 g/mol. The summed E-state index contributed by atoms with van der Waals surface area (Å²) in [7, 11) is 1.68. The molecule has 2 aromatic carbocycles. The molecule has 1 saturated carbocycles. The zero-order valence-electron chi connectivity index (χ0n) is 14.9. The molecule has 3 nitrogen and oxygen atoms in total. The molecule has 0 bridgehead atoms. The predicted molar refractivity (Wildman–Crippen MR) is 103 cm³/mol. The maximum atomic E-state index is 6.50. The second kappa shape index (κ2) is 8.59. The fourth-order valence-electron chi connectivity index (χ4n) is 3.27. The summed E-state index contributed by atoms with van der Waals surface area (Å²) >= 11 is 6.50. The van der Waals surface area contributed by atoms with Crippen molar-refractivity contribution in [1.82, 2.24) is 5.32 Å². The van der Waals surface area contributed by atoms with E-state index in [0.29, 0.717) is 11.6 Å². The summed E-state index contributed by atoms with van der Waals surface area (Å²) < 4.78 is 11.6. The lowest BCUT2D eigenvalue weighted by atomic mass is 10.1. The van der Waals surface area contributed by atoms with Gasteiger partial charge >= 0.3 is 0 Å². The third-order valence-electron chi connectivity index (χ3n) is 4.83. The lowest BCUT2D eigenvalue weighted by molar-refractivity contribution is 0.200. The van der Waals surface area contributed by atoms with Crippen LogP contribution in [0.5, 0.6) is 11.5 Å². The number of hydrogen-bond donors (Lipinski definition) is 1. The zero-order valence-corrected chi connectivity index (χ0v) is 15.7. The van der Waals surface area contributed by atoms with Crippen molar-refractivity contribution in [2.24, 2.45) is 0 Å². The van der Waals surface area contributed by atoms with E-state index in [1.54, 1.807) is 7.11 Å². The van der Waals surface area contributed by atoms with Crippen molar-refractivity contribution in [3.63, 3.8) is 0 Å². The number of benzene rings is 2. The molecule has 0 aromatic heterocycles. The molecule has 1 fully saturated rings. The van der Waals surface area contributed by atoms with Crippen LogP contribution in [-0.4, -0.2) is 13.2 Å². The van der Waals surface area contributed by atoms with E-state index in [1.807, 2.05) is 18.2 Å². The van der Waals surface area contributed by atoms with Crippen LogP contribution < -0.4 is 14.8 Å². The van der Waals surface area contributed by atoms with Gasteiger partial charge in [-0.05, 0) is 49.8 Å². The van der Waals surface area contributed by atoms with E-state index in [9.17, 15) is 0 Å². The van der Waals surface area contributed by atoms with Gasteiger partial charge in [0.1, 0.15) is 0 Å². The molecule has 0 aliphatic heterocycles. The van der Waals surface area contributed by atoms with Gasteiger partial charge < -0.3 is 14.8 Å². The Morgan fingerprint density at radius 2 is 1.84 bits per heavy atom. The molecule has 0 saturated heterocycles. The van der Waals surface area contributed by atoms with Crippen LogP contribution in [0.15, 0.2) is 42.5 Å². The fourth-order valence-corrected chi connectivity index (χ4v) is 3.49. The molecule has 4 heteroatoms. The summed E-state index contributed by atoms with van der Waals surface area (Å²) in [6.07, 6.45) is 4.98. The minimum Gasteiger partial charge on any atom is -0.493 e. The van der Waals surface area contributed by atoms with Crippen molar-refractivity contribution in [2.45, 2.75) is 51.3 Å². The third kappa shape index (κ3) is 4.68. The van der Waals surface area contributed by atoms with Crippen LogP contribution in [-0.2, 0) is 6.54 Å². The quantitative estimate of drug-likeness (QED) is 0.705. The van der Waals surface area contributed by atoms with E-state index in [1.165, 1.54) is 18.4 Å². The van der Waals surface area contributed by atoms with Crippen LogP contribution in [0.4, 0.5) is 0 Å². The first kappa shape index (κ1) is 18.1. The Hall–Kier alpha value is -1.71. The molecule has 25 heavy (non-hydrogen) atoms. The number of nitrogens with one attached hydrogen (secondary N) is 1. The SMILES string of the molecule is COc1cc(CN[C@H](C)c2ccccc2)c(Cl)cc1OC1CCCC1. The molecule has 2 aromatic rings. The van der Waals surface area contributed by atoms with Crippen LogP contribution in [0.25, 0.3) is 0 Å². The normalized spacial score (nSPS) is 16.0. The molecule has 0 heterocycles. The van der Waals surface area contributed by atoms with Gasteiger partial charge in [-0.25, -0.2) is 0 Å². The standard InChI is InChI=1S/C21H26ClNO2/c1-15(16-8-4-3-5-9-16)23-14-17-12-20(24-2)21(13-19(17)22)25-18-10-6-7-11-18/h3-5,8-9,12-13,15,18,23H,6-7,10-11,14H2,1-2H3/t15-/m1/s1. The maximum Gasteiger partial charge on any atom is 0.163 e. The first-order valence-electron chi connectivity index (χ1n) is 8.98. The summed E-state index contributed by atoms with van der Waals surface area (Å²) in [4.78, 5) is 0. The summed E-state index contributed by atoms with van der Waals surface area (Å²) in [6, 6.07) is 14.5. The second-order valence-electron chi connectivity index (χ2n) is 6.63. The topological polar surface area (TPSA) is 30.5 Å². The van der Waals surface area contributed by atoms with Gasteiger partial charge in [0.2, 0.25) is 0 Å². The highest BCUT2D eigenvalue weighted by atomic mass is 35.5. The van der Waals surface area contributed by atoms with Gasteiger partial charge in [-0.1, -0.05) is 41.9 Å². The molecule has 0 unspecified atom stereocenters. The van der Waals surface area contributed by atoms with Crippen molar-refractivity contribution in [3.05, 3.63) is 58.6 Å². The van der Waals surface area contributed by atoms with Crippen molar-refractivity contribution >= 4 is 11.6 Å². The van der Waals surface area contributed by atoms with Gasteiger partial charge in [-0.3, -0.25) is 0 Å². The molecule has 3 rings (SSSR count). The molecular formula is C21H26ClNO2. The maximum absolute atomic E-state index is 6.50. The molecule has 0 amide bonds. The van der Waals surface area contributed by atoms with E-state index in [4.69, 9.17) is 21.1 Å². The Morgan fingerprint density at radius 3 is 2.52 bits per heavy atom. The molecule has 0 radical (unpaired) electrons. The summed E-state index contributed by atoms with van der Waals surface area (Å²) in [5, 5.41) is 4.23. The van der Waals surface area contributed by atoms with Crippen molar-refractivity contribution in [3.8, 4) is 11.5 Å². The molecule has 1 aliphatic carbocycles. The summed E-state index contributed by atoms with van der Waals surface area (Å²) in [5.74, 6) is 1.50. The number of hydrogen-bond acceptors (Lipinski definition) is 3. The Bertz CT molecular complexity index is 684. The van der Waals surface area contributed by atoms with Crippen LogP contribution in [0.2, 0.25) is 5.02 Å². The Kier molecular flexibility index (Phi) is 6.22. The highest BCUT2D eigenvalue weighted by Crippen LogP contribution is 2.36. The van der Waals surface area contributed by atoms with Crippen LogP contribution >= 0.6 is 11.6 Å². The van der Waals surface area contributed by atoms with E-state index in [2.05, 4.69) is 36.5 Å². The average Bonchev–Trinajstić information content (AvgIpc) is 3.14. The van der Waals surface area contributed by atoms with Crippen LogP contribution in [0.1, 0.15) is 49.8 Å². The highest BCUT2D eigenvalue weighted by Gasteiger charge is 2.19. The largest absolute Gasteiger partial charge is 0.493 e.